The van der Waals surface area contributed by atoms with E-state index in [1.54, 1.807) is 23.8 Å². The van der Waals surface area contributed by atoms with Crippen LogP contribution in [0.5, 0.6) is 0 Å². The Balaban J connectivity index is 3.17. The van der Waals surface area contributed by atoms with Crippen molar-refractivity contribution in [1.82, 2.24) is 0 Å². The fourth-order valence-electron chi connectivity index (χ4n) is 1.12. The maximum Gasteiger partial charge on any atom is 0.123 e. The molecule has 0 amide bonds. The van der Waals surface area contributed by atoms with Gasteiger partial charge in [-0.25, -0.2) is 4.39 Å². The summed E-state index contributed by atoms with van der Waals surface area (Å²) in [5, 5.41) is 1.76. The van der Waals surface area contributed by atoms with Gasteiger partial charge in [-0.3, -0.25) is 4.21 Å². The average molecular weight is 200 g/mol. The molecule has 1 aromatic carbocycles. The first-order valence-corrected chi connectivity index (χ1v) is 6.17. The van der Waals surface area contributed by atoms with Crippen molar-refractivity contribution < 1.29 is 8.60 Å². The zero-order chi connectivity index (χ0) is 9.90. The highest BCUT2D eigenvalue weighted by atomic mass is 32.2. The zero-order valence-electron chi connectivity index (χ0n) is 7.79. The fourth-order valence-corrected chi connectivity index (χ4v) is 2.62. The van der Waals surface area contributed by atoms with Gasteiger partial charge >= 0.3 is 0 Å². The Morgan fingerprint density at radius 3 is 2.38 bits per heavy atom. The van der Waals surface area contributed by atoms with Gasteiger partial charge in [0.25, 0.3) is 0 Å². The van der Waals surface area contributed by atoms with Crippen LogP contribution < -0.4 is 0 Å². The van der Waals surface area contributed by atoms with Gasteiger partial charge in [-0.05, 0) is 45.6 Å². The molecule has 0 aliphatic heterocycles. The van der Waals surface area contributed by atoms with Gasteiger partial charge in [0, 0.05) is 11.2 Å². The summed E-state index contributed by atoms with van der Waals surface area (Å²) in [6.45, 7) is 1.94. The van der Waals surface area contributed by atoms with Crippen molar-refractivity contribution in [2.24, 2.45) is 0 Å². The summed E-state index contributed by atoms with van der Waals surface area (Å²) in [5.41, 5.74) is 0. The van der Waals surface area contributed by atoms with E-state index < -0.39 is 9.52 Å². The van der Waals surface area contributed by atoms with Crippen LogP contribution >= 0.6 is 0 Å². The van der Waals surface area contributed by atoms with Crippen molar-refractivity contribution in [2.75, 3.05) is 6.26 Å². The number of hydrogen-bond acceptors (Lipinski definition) is 1. The molecule has 0 saturated carbocycles. The van der Waals surface area contributed by atoms with Crippen molar-refractivity contribution in [3.8, 4) is 0 Å². The second-order valence-electron chi connectivity index (χ2n) is 2.93. The van der Waals surface area contributed by atoms with Gasteiger partial charge in [-0.1, -0.05) is 6.92 Å². The number of hydrogen-bond donors (Lipinski definition) is 0. The maximum atomic E-state index is 12.6. The minimum absolute atomic E-state index is 0.296. The molecule has 13 heavy (non-hydrogen) atoms. The normalized spacial score (nSPS) is 15.0. The molecule has 0 aliphatic carbocycles. The summed E-state index contributed by atoms with van der Waals surface area (Å²) in [5.74, 6) is -0.296. The molecule has 0 aliphatic rings. The minimum Gasteiger partial charge on any atom is -0.263 e. The third-order valence-corrected chi connectivity index (χ3v) is 3.94. The molecule has 0 bridgehead atoms. The largest absolute Gasteiger partial charge is 0.263 e. The first-order valence-electron chi connectivity index (χ1n) is 4.14. The predicted molar refractivity (Wildman–Crippen MR) is 55.1 cm³/mol. The SMILES string of the molecule is CCC=S(C)(=O)c1ccc(F)cc1. The molecule has 1 rings (SSSR count). The lowest BCUT2D eigenvalue weighted by Gasteiger charge is -2.03. The zero-order valence-corrected chi connectivity index (χ0v) is 8.60. The summed E-state index contributed by atoms with van der Waals surface area (Å²) in [6, 6.07) is 5.82. The fraction of sp³-hybridized carbons (Fsp3) is 0.300. The van der Waals surface area contributed by atoms with E-state index in [0.29, 0.717) is 4.90 Å². The van der Waals surface area contributed by atoms with Crippen molar-refractivity contribution >= 4 is 14.9 Å². The Morgan fingerprint density at radius 2 is 1.92 bits per heavy atom. The number of halogens is 1. The second kappa shape index (κ2) is 3.92. The monoisotopic (exact) mass is 200 g/mol. The van der Waals surface area contributed by atoms with Crippen LogP contribution in [-0.2, 0) is 9.52 Å². The van der Waals surface area contributed by atoms with E-state index in [1.165, 1.54) is 12.1 Å². The summed E-state index contributed by atoms with van der Waals surface area (Å²) in [4.78, 5) is 0.691. The molecule has 72 valence electrons. The van der Waals surface area contributed by atoms with Gasteiger partial charge in [0.2, 0.25) is 0 Å². The van der Waals surface area contributed by atoms with Crippen LogP contribution in [0.2, 0.25) is 0 Å². The van der Waals surface area contributed by atoms with Crippen LogP contribution in [0.25, 0.3) is 0 Å². The quantitative estimate of drug-likeness (QED) is 0.669. The van der Waals surface area contributed by atoms with Gasteiger partial charge < -0.3 is 0 Å². The summed E-state index contributed by atoms with van der Waals surface area (Å²) >= 11 is 0. The Morgan fingerprint density at radius 1 is 1.38 bits per heavy atom. The van der Waals surface area contributed by atoms with Crippen LogP contribution in [0.4, 0.5) is 4.39 Å². The van der Waals surface area contributed by atoms with E-state index >= 15 is 0 Å². The highest BCUT2D eigenvalue weighted by Crippen LogP contribution is 2.10. The first kappa shape index (κ1) is 10.3. The van der Waals surface area contributed by atoms with Crippen LogP contribution in [0.3, 0.4) is 0 Å². The summed E-state index contributed by atoms with van der Waals surface area (Å²) in [6.07, 6.45) is 2.43. The lowest BCUT2D eigenvalue weighted by molar-refractivity contribution is 0.626. The molecule has 3 heteroatoms. The molecule has 0 spiro atoms. The maximum absolute atomic E-state index is 12.6. The molecule has 1 unspecified atom stereocenters. The summed E-state index contributed by atoms with van der Waals surface area (Å²) < 4.78 is 24.5. The molecule has 1 nitrogen and oxygen atoms in total. The standard InChI is InChI=1S/C10H13FOS/c1-3-8-13(2,12)10-6-4-9(11)5-7-10/h4-8H,3H2,1-2H3. The Hall–Kier alpha value is -0.830. The lowest BCUT2D eigenvalue weighted by atomic mass is 10.4. The van der Waals surface area contributed by atoms with Crippen molar-refractivity contribution in [3.63, 3.8) is 0 Å². The van der Waals surface area contributed by atoms with Gasteiger partial charge in [0.15, 0.2) is 0 Å². The van der Waals surface area contributed by atoms with E-state index in [-0.39, 0.29) is 5.82 Å². The molecule has 0 heterocycles. The van der Waals surface area contributed by atoms with E-state index in [4.69, 9.17) is 0 Å². The molecule has 0 radical (unpaired) electrons. The second-order valence-corrected chi connectivity index (χ2v) is 5.55. The summed E-state index contributed by atoms with van der Waals surface area (Å²) in [7, 11) is -2.07. The Bertz CT molecular complexity index is 386. The Kier molecular flexibility index (Phi) is 3.09. The molecule has 1 aromatic rings. The molecular weight excluding hydrogens is 187 g/mol. The predicted octanol–water partition coefficient (Wildman–Crippen LogP) is 2.31. The van der Waals surface area contributed by atoms with Crippen LogP contribution in [0.15, 0.2) is 29.2 Å². The van der Waals surface area contributed by atoms with Crippen molar-refractivity contribution in [1.29, 1.82) is 0 Å². The average Bonchev–Trinajstić information content (AvgIpc) is 2.05. The van der Waals surface area contributed by atoms with E-state index in [9.17, 15) is 8.60 Å². The molecule has 1 atom stereocenters. The van der Waals surface area contributed by atoms with Gasteiger partial charge in [-0.2, -0.15) is 0 Å². The van der Waals surface area contributed by atoms with Crippen LogP contribution in [-0.4, -0.2) is 15.8 Å². The highest BCUT2D eigenvalue weighted by molar-refractivity contribution is 8.00. The van der Waals surface area contributed by atoms with Crippen molar-refractivity contribution in [2.45, 2.75) is 18.2 Å². The smallest absolute Gasteiger partial charge is 0.123 e. The first-order chi connectivity index (χ1) is 6.06. The number of rotatable bonds is 2. The third-order valence-electron chi connectivity index (χ3n) is 1.77. The molecule has 0 saturated heterocycles. The third kappa shape index (κ3) is 2.56. The number of benzene rings is 1. The van der Waals surface area contributed by atoms with Gasteiger partial charge in [0.1, 0.15) is 5.82 Å². The highest BCUT2D eigenvalue weighted by Gasteiger charge is 2.02. The minimum atomic E-state index is -2.07. The van der Waals surface area contributed by atoms with Crippen LogP contribution in [0.1, 0.15) is 13.3 Å². The lowest BCUT2D eigenvalue weighted by Crippen LogP contribution is -2.01. The molecule has 0 fully saturated rings. The molecule has 0 N–H and O–H groups in total. The Labute approximate surface area is 78.6 Å². The van der Waals surface area contributed by atoms with E-state index in [1.807, 2.05) is 6.92 Å². The van der Waals surface area contributed by atoms with Gasteiger partial charge in [0.05, 0.1) is 0 Å². The molecular formula is C10H13FOS. The van der Waals surface area contributed by atoms with Gasteiger partial charge in [-0.15, -0.1) is 0 Å². The molecule has 0 aromatic heterocycles. The van der Waals surface area contributed by atoms with E-state index in [0.717, 1.165) is 6.42 Å². The topological polar surface area (TPSA) is 17.1 Å². The van der Waals surface area contributed by atoms with Crippen molar-refractivity contribution in [3.05, 3.63) is 30.1 Å². The van der Waals surface area contributed by atoms with E-state index in [2.05, 4.69) is 0 Å². The van der Waals surface area contributed by atoms with Crippen LogP contribution in [0, 0.1) is 5.82 Å².